The summed E-state index contributed by atoms with van der Waals surface area (Å²) in [5, 5.41) is 1.81. The highest BCUT2D eigenvalue weighted by atomic mass is 32.2. The number of hydrogen-bond acceptors (Lipinski definition) is 7. The summed E-state index contributed by atoms with van der Waals surface area (Å²) in [5.74, 6) is 0.141. The molecule has 0 radical (unpaired) electrons. The number of carbonyl (C=O) groups excluding carboxylic acids is 2. The van der Waals surface area contributed by atoms with Gasteiger partial charge in [0.1, 0.15) is 9.20 Å². The quantitative estimate of drug-likeness (QED) is 0.210. The molecule has 31 heavy (non-hydrogen) atoms. The summed E-state index contributed by atoms with van der Waals surface area (Å²) < 4.78 is 11.4. The van der Waals surface area contributed by atoms with Crippen molar-refractivity contribution in [3.05, 3.63) is 87.0 Å². The lowest BCUT2D eigenvalue weighted by Gasteiger charge is -2.14. The monoisotopic (exact) mass is 467 g/mol. The van der Waals surface area contributed by atoms with Gasteiger partial charge in [-0.25, -0.2) is 4.79 Å². The molecule has 156 valence electrons. The fraction of sp³-hybridized carbons (Fsp3) is 0.0870. The van der Waals surface area contributed by atoms with Crippen molar-refractivity contribution in [3.63, 3.8) is 0 Å². The van der Waals surface area contributed by atoms with Crippen molar-refractivity contribution < 1.29 is 19.1 Å². The molecule has 1 saturated heterocycles. The molecule has 2 aromatic carbocycles. The van der Waals surface area contributed by atoms with Crippen molar-refractivity contribution in [1.29, 1.82) is 0 Å². The van der Waals surface area contributed by atoms with E-state index in [-0.39, 0.29) is 5.91 Å². The zero-order chi connectivity index (χ0) is 21.8. The number of thioether (sulfide) groups is 1. The molecule has 0 aliphatic carbocycles. The summed E-state index contributed by atoms with van der Waals surface area (Å²) in [6, 6.07) is 18.4. The second kappa shape index (κ2) is 9.47. The van der Waals surface area contributed by atoms with E-state index in [4.69, 9.17) is 21.7 Å². The Morgan fingerprint density at radius 1 is 1.10 bits per heavy atom. The maximum absolute atomic E-state index is 12.9. The van der Waals surface area contributed by atoms with Crippen LogP contribution in [0.15, 0.2) is 70.9 Å². The first-order chi connectivity index (χ1) is 15.0. The number of benzene rings is 2. The molecule has 1 amide bonds. The van der Waals surface area contributed by atoms with Gasteiger partial charge in [0.25, 0.3) is 5.91 Å². The normalized spacial score (nSPS) is 14.9. The first kappa shape index (κ1) is 21.3. The van der Waals surface area contributed by atoms with Crippen LogP contribution in [0.2, 0.25) is 0 Å². The van der Waals surface area contributed by atoms with Gasteiger partial charge in [0.15, 0.2) is 11.5 Å². The second-order valence-corrected chi connectivity index (χ2v) is 9.15. The molecule has 0 N–H and O–H groups in total. The van der Waals surface area contributed by atoms with Crippen LogP contribution in [0.3, 0.4) is 0 Å². The number of thiophene rings is 1. The van der Waals surface area contributed by atoms with E-state index in [0.717, 1.165) is 11.1 Å². The number of rotatable bonds is 6. The average molecular weight is 468 g/mol. The van der Waals surface area contributed by atoms with Crippen molar-refractivity contribution in [3.8, 4) is 11.5 Å². The Labute approximate surface area is 193 Å². The van der Waals surface area contributed by atoms with Gasteiger partial charge < -0.3 is 9.47 Å². The van der Waals surface area contributed by atoms with E-state index in [0.29, 0.717) is 32.1 Å². The van der Waals surface area contributed by atoms with Crippen LogP contribution in [0.5, 0.6) is 11.5 Å². The highest BCUT2D eigenvalue weighted by Crippen LogP contribution is 2.35. The summed E-state index contributed by atoms with van der Waals surface area (Å²) in [5.41, 5.74) is 1.76. The van der Waals surface area contributed by atoms with Crippen LogP contribution in [-0.4, -0.2) is 28.2 Å². The largest absolute Gasteiger partial charge is 0.493 e. The van der Waals surface area contributed by atoms with Crippen LogP contribution < -0.4 is 9.47 Å². The lowest BCUT2D eigenvalue weighted by atomic mass is 10.1. The summed E-state index contributed by atoms with van der Waals surface area (Å²) in [7, 11) is 1.50. The Bertz CT molecular complexity index is 1160. The third kappa shape index (κ3) is 4.87. The van der Waals surface area contributed by atoms with E-state index in [2.05, 4.69) is 0 Å². The number of esters is 1. The molecule has 0 spiro atoms. The molecular weight excluding hydrogens is 450 g/mol. The Morgan fingerprint density at radius 2 is 1.90 bits per heavy atom. The van der Waals surface area contributed by atoms with Crippen LogP contribution >= 0.6 is 35.3 Å². The molecule has 5 nitrogen and oxygen atoms in total. The molecule has 1 fully saturated rings. The molecule has 1 aliphatic rings. The molecule has 1 aromatic heterocycles. The third-order valence-corrected chi connectivity index (χ3v) is 6.70. The lowest BCUT2D eigenvalue weighted by molar-refractivity contribution is -0.122. The van der Waals surface area contributed by atoms with Crippen LogP contribution in [0.25, 0.3) is 6.08 Å². The predicted octanol–water partition coefficient (Wildman–Crippen LogP) is 5.38. The Kier molecular flexibility index (Phi) is 6.50. The molecule has 1 aliphatic heterocycles. The van der Waals surface area contributed by atoms with Crippen molar-refractivity contribution >= 4 is 57.6 Å². The number of nitrogens with zero attached hydrogens (tertiary/aromatic N) is 1. The van der Waals surface area contributed by atoms with Gasteiger partial charge >= 0.3 is 5.97 Å². The SMILES string of the molecule is COc1cc(C=C2SC(=S)N(Cc3ccccc3)C2=O)ccc1OC(=O)c1cccs1. The van der Waals surface area contributed by atoms with Crippen LogP contribution in [0, 0.1) is 0 Å². The molecule has 0 bridgehead atoms. The number of ether oxygens (including phenoxy) is 2. The molecule has 2 heterocycles. The molecule has 0 saturated carbocycles. The van der Waals surface area contributed by atoms with Crippen molar-refractivity contribution in [1.82, 2.24) is 4.90 Å². The first-order valence-corrected chi connectivity index (χ1v) is 11.4. The van der Waals surface area contributed by atoms with Gasteiger partial charge in [-0.05, 0) is 40.8 Å². The molecule has 0 unspecified atom stereocenters. The van der Waals surface area contributed by atoms with Gasteiger partial charge in [0.05, 0.1) is 18.6 Å². The highest BCUT2D eigenvalue weighted by Gasteiger charge is 2.32. The summed E-state index contributed by atoms with van der Waals surface area (Å²) in [4.78, 5) is 27.7. The van der Waals surface area contributed by atoms with E-state index in [9.17, 15) is 9.59 Å². The number of carbonyl (C=O) groups is 2. The number of methoxy groups -OCH3 is 1. The van der Waals surface area contributed by atoms with E-state index in [1.807, 2.05) is 35.7 Å². The minimum absolute atomic E-state index is 0.133. The Hall–Kier alpha value is -2.94. The van der Waals surface area contributed by atoms with Gasteiger partial charge in [-0.2, -0.15) is 0 Å². The molecule has 0 atom stereocenters. The van der Waals surface area contributed by atoms with E-state index >= 15 is 0 Å². The molecule has 4 rings (SSSR count). The molecule has 8 heteroatoms. The van der Waals surface area contributed by atoms with Crippen molar-refractivity contribution in [2.24, 2.45) is 0 Å². The number of thiocarbonyl (C=S) groups is 1. The van der Waals surface area contributed by atoms with Crippen molar-refractivity contribution in [2.75, 3.05) is 7.11 Å². The predicted molar refractivity (Wildman–Crippen MR) is 127 cm³/mol. The van der Waals surface area contributed by atoms with Gasteiger partial charge in [0, 0.05) is 0 Å². The van der Waals surface area contributed by atoms with Gasteiger partial charge in [-0.3, -0.25) is 9.69 Å². The average Bonchev–Trinajstić information content (AvgIpc) is 3.41. The Balaban J connectivity index is 1.52. The zero-order valence-corrected chi connectivity index (χ0v) is 18.9. The van der Waals surface area contributed by atoms with Crippen molar-refractivity contribution in [2.45, 2.75) is 6.54 Å². The van der Waals surface area contributed by atoms with Crippen LogP contribution in [-0.2, 0) is 11.3 Å². The van der Waals surface area contributed by atoms with Crippen LogP contribution in [0.1, 0.15) is 20.8 Å². The van der Waals surface area contributed by atoms with Crippen LogP contribution in [0.4, 0.5) is 0 Å². The van der Waals surface area contributed by atoms with E-state index in [1.54, 1.807) is 41.3 Å². The first-order valence-electron chi connectivity index (χ1n) is 9.28. The van der Waals surface area contributed by atoms with Gasteiger partial charge in [-0.1, -0.05) is 66.4 Å². The van der Waals surface area contributed by atoms with E-state index in [1.165, 1.54) is 30.2 Å². The van der Waals surface area contributed by atoms with Gasteiger partial charge in [0.2, 0.25) is 0 Å². The molecule has 3 aromatic rings. The smallest absolute Gasteiger partial charge is 0.353 e. The lowest BCUT2D eigenvalue weighted by Crippen LogP contribution is -2.27. The summed E-state index contributed by atoms with van der Waals surface area (Å²) in [6.07, 6.45) is 1.76. The Morgan fingerprint density at radius 3 is 2.61 bits per heavy atom. The standard InChI is InChI=1S/C23H17NO4S3/c1-27-18-12-16(9-10-17(18)28-22(26)19-8-5-11-30-19)13-20-21(25)24(23(29)31-20)14-15-6-3-2-4-7-15/h2-13H,14H2,1H3. The minimum atomic E-state index is -0.442. The fourth-order valence-corrected chi connectivity index (χ4v) is 4.81. The fourth-order valence-electron chi connectivity index (χ4n) is 2.96. The third-order valence-electron chi connectivity index (χ3n) is 4.47. The zero-order valence-electron chi connectivity index (χ0n) is 16.4. The highest BCUT2D eigenvalue weighted by molar-refractivity contribution is 8.26. The topological polar surface area (TPSA) is 55.8 Å². The number of hydrogen-bond donors (Lipinski definition) is 0. The molecular formula is C23H17NO4S3. The maximum atomic E-state index is 12.9. The maximum Gasteiger partial charge on any atom is 0.353 e. The summed E-state index contributed by atoms with van der Waals surface area (Å²) >= 11 is 7.99. The minimum Gasteiger partial charge on any atom is -0.493 e. The number of amides is 1. The summed E-state index contributed by atoms with van der Waals surface area (Å²) in [6.45, 7) is 0.434. The second-order valence-electron chi connectivity index (χ2n) is 6.53. The van der Waals surface area contributed by atoms with Gasteiger partial charge in [-0.15, -0.1) is 11.3 Å². The van der Waals surface area contributed by atoms with E-state index < -0.39 is 5.97 Å².